The fraction of sp³-hybridized carbons (Fsp3) is 0.176. The van der Waals surface area contributed by atoms with Crippen LogP contribution in [-0.4, -0.2) is 26.5 Å². The van der Waals surface area contributed by atoms with Gasteiger partial charge in [-0.3, -0.25) is 9.59 Å². The van der Waals surface area contributed by atoms with Crippen molar-refractivity contribution in [1.29, 1.82) is 0 Å². The Hall–Kier alpha value is -2.38. The zero-order valence-corrected chi connectivity index (χ0v) is 15.2. The molecule has 0 saturated carbocycles. The van der Waals surface area contributed by atoms with E-state index in [1.54, 1.807) is 19.1 Å². The Morgan fingerprint density at radius 3 is 2.40 bits per heavy atom. The molecule has 2 aromatic carbocycles. The highest BCUT2D eigenvalue weighted by Gasteiger charge is 2.13. The smallest absolute Gasteiger partial charge is 0.255 e. The van der Waals surface area contributed by atoms with Gasteiger partial charge in [0.05, 0.1) is 15.6 Å². The molecule has 0 spiro atoms. The van der Waals surface area contributed by atoms with Crippen LogP contribution >= 0.6 is 11.6 Å². The second-order valence-electron chi connectivity index (χ2n) is 5.35. The fourth-order valence-electron chi connectivity index (χ4n) is 2.01. The standard InChI is InChI=1S/C17H17ClN2O4S/c1-3-16(21)19-12-7-8-15(14(18)10-12)20-17(22)11-5-4-6-13(9-11)25(2,23)24/h4-10H,3H2,1-2H3,(H,19,21)(H,20,22). The first-order valence-corrected chi connectivity index (χ1v) is 9.68. The largest absolute Gasteiger partial charge is 0.326 e. The van der Waals surface area contributed by atoms with Crippen LogP contribution < -0.4 is 10.6 Å². The van der Waals surface area contributed by atoms with Gasteiger partial charge >= 0.3 is 0 Å². The lowest BCUT2D eigenvalue weighted by Gasteiger charge is -2.10. The van der Waals surface area contributed by atoms with Gasteiger partial charge in [0, 0.05) is 23.9 Å². The van der Waals surface area contributed by atoms with Crippen molar-refractivity contribution in [2.24, 2.45) is 0 Å². The van der Waals surface area contributed by atoms with E-state index < -0.39 is 15.7 Å². The van der Waals surface area contributed by atoms with Gasteiger partial charge in [0.2, 0.25) is 5.91 Å². The zero-order chi connectivity index (χ0) is 18.6. The van der Waals surface area contributed by atoms with Crippen molar-refractivity contribution in [3.63, 3.8) is 0 Å². The molecule has 0 heterocycles. The lowest BCUT2D eigenvalue weighted by atomic mass is 10.2. The molecule has 0 unspecified atom stereocenters. The molecule has 8 heteroatoms. The van der Waals surface area contributed by atoms with Crippen molar-refractivity contribution in [2.45, 2.75) is 18.2 Å². The van der Waals surface area contributed by atoms with E-state index in [1.807, 2.05) is 0 Å². The second-order valence-corrected chi connectivity index (χ2v) is 7.77. The average molecular weight is 381 g/mol. The molecule has 2 aromatic rings. The number of carbonyl (C=O) groups excluding carboxylic acids is 2. The van der Waals surface area contributed by atoms with Crippen LogP contribution in [0.3, 0.4) is 0 Å². The first kappa shape index (κ1) is 19.0. The van der Waals surface area contributed by atoms with E-state index in [4.69, 9.17) is 11.6 Å². The van der Waals surface area contributed by atoms with Gasteiger partial charge in [0.1, 0.15) is 0 Å². The monoisotopic (exact) mass is 380 g/mol. The van der Waals surface area contributed by atoms with Gasteiger partial charge in [0.25, 0.3) is 5.91 Å². The van der Waals surface area contributed by atoms with Crippen molar-refractivity contribution in [1.82, 2.24) is 0 Å². The fourth-order valence-corrected chi connectivity index (χ4v) is 2.90. The van der Waals surface area contributed by atoms with Gasteiger partial charge in [0.15, 0.2) is 9.84 Å². The number of sulfone groups is 1. The minimum atomic E-state index is -3.41. The quantitative estimate of drug-likeness (QED) is 0.831. The maximum absolute atomic E-state index is 12.3. The van der Waals surface area contributed by atoms with Crippen LogP contribution in [0.25, 0.3) is 0 Å². The number of nitrogens with one attached hydrogen (secondary N) is 2. The summed E-state index contributed by atoms with van der Waals surface area (Å²) in [5, 5.41) is 5.54. The second kappa shape index (κ2) is 7.67. The summed E-state index contributed by atoms with van der Waals surface area (Å²) in [4.78, 5) is 23.8. The third kappa shape index (κ3) is 5.04. The number of rotatable bonds is 5. The number of hydrogen-bond acceptors (Lipinski definition) is 4. The Morgan fingerprint density at radius 1 is 1.08 bits per heavy atom. The van der Waals surface area contributed by atoms with Gasteiger partial charge < -0.3 is 10.6 Å². The van der Waals surface area contributed by atoms with Gasteiger partial charge in [-0.15, -0.1) is 0 Å². The summed E-state index contributed by atoms with van der Waals surface area (Å²) in [6.07, 6.45) is 1.41. The van der Waals surface area contributed by atoms with Gasteiger partial charge in [-0.05, 0) is 36.4 Å². The molecule has 0 aliphatic rings. The molecule has 2 rings (SSSR count). The molecule has 0 fully saturated rings. The van der Waals surface area contributed by atoms with E-state index in [0.717, 1.165) is 6.26 Å². The molecule has 2 amide bonds. The summed E-state index contributed by atoms with van der Waals surface area (Å²) in [5.41, 5.74) is 1.07. The van der Waals surface area contributed by atoms with Crippen LogP contribution in [0.5, 0.6) is 0 Å². The summed E-state index contributed by atoms with van der Waals surface area (Å²) in [6, 6.07) is 10.4. The summed E-state index contributed by atoms with van der Waals surface area (Å²) in [7, 11) is -3.41. The van der Waals surface area contributed by atoms with Crippen molar-refractivity contribution in [3.05, 3.63) is 53.1 Å². The summed E-state index contributed by atoms with van der Waals surface area (Å²) in [6.45, 7) is 1.73. The van der Waals surface area contributed by atoms with Crippen LogP contribution in [0, 0.1) is 0 Å². The predicted octanol–water partition coefficient (Wildman–Crippen LogP) is 3.34. The van der Waals surface area contributed by atoms with E-state index in [-0.39, 0.29) is 21.4 Å². The number of hydrogen-bond donors (Lipinski definition) is 2. The molecule has 0 aliphatic heterocycles. The van der Waals surface area contributed by atoms with Crippen LogP contribution in [0.4, 0.5) is 11.4 Å². The van der Waals surface area contributed by atoms with Crippen molar-refractivity contribution in [3.8, 4) is 0 Å². The van der Waals surface area contributed by atoms with Crippen LogP contribution in [-0.2, 0) is 14.6 Å². The van der Waals surface area contributed by atoms with Crippen molar-refractivity contribution < 1.29 is 18.0 Å². The van der Waals surface area contributed by atoms with E-state index in [9.17, 15) is 18.0 Å². The third-order valence-electron chi connectivity index (χ3n) is 3.35. The van der Waals surface area contributed by atoms with Crippen molar-refractivity contribution >= 4 is 44.6 Å². The summed E-state index contributed by atoms with van der Waals surface area (Å²) in [5.74, 6) is -0.636. The Morgan fingerprint density at radius 2 is 1.80 bits per heavy atom. The zero-order valence-electron chi connectivity index (χ0n) is 13.7. The number of halogens is 1. The minimum Gasteiger partial charge on any atom is -0.326 e. The van der Waals surface area contributed by atoms with Gasteiger partial charge in [-0.25, -0.2) is 8.42 Å². The Balaban J connectivity index is 2.19. The predicted molar refractivity (Wildman–Crippen MR) is 97.9 cm³/mol. The molecule has 0 bridgehead atoms. The van der Waals surface area contributed by atoms with Gasteiger partial charge in [-0.2, -0.15) is 0 Å². The van der Waals surface area contributed by atoms with Crippen LogP contribution in [0.1, 0.15) is 23.7 Å². The lowest BCUT2D eigenvalue weighted by Crippen LogP contribution is -2.13. The molecule has 0 radical (unpaired) electrons. The number of amides is 2. The maximum atomic E-state index is 12.3. The minimum absolute atomic E-state index is 0.0591. The molecule has 0 atom stereocenters. The van der Waals surface area contributed by atoms with Crippen LogP contribution in [0.2, 0.25) is 5.02 Å². The average Bonchev–Trinajstić information content (AvgIpc) is 2.56. The molecule has 0 aromatic heterocycles. The highest BCUT2D eigenvalue weighted by Crippen LogP contribution is 2.26. The maximum Gasteiger partial charge on any atom is 0.255 e. The lowest BCUT2D eigenvalue weighted by molar-refractivity contribution is -0.115. The SMILES string of the molecule is CCC(=O)Nc1ccc(NC(=O)c2cccc(S(C)(=O)=O)c2)c(Cl)c1. The van der Waals surface area contributed by atoms with Crippen molar-refractivity contribution in [2.75, 3.05) is 16.9 Å². The summed E-state index contributed by atoms with van der Waals surface area (Å²) < 4.78 is 23.2. The first-order chi connectivity index (χ1) is 11.7. The van der Waals surface area contributed by atoms with E-state index in [0.29, 0.717) is 17.8 Å². The van der Waals surface area contributed by atoms with Crippen LogP contribution in [0.15, 0.2) is 47.4 Å². The first-order valence-electron chi connectivity index (χ1n) is 7.41. The molecule has 25 heavy (non-hydrogen) atoms. The molecule has 0 aliphatic carbocycles. The molecule has 2 N–H and O–H groups in total. The molecule has 6 nitrogen and oxygen atoms in total. The Bertz CT molecular complexity index is 926. The molecular weight excluding hydrogens is 364 g/mol. The van der Waals surface area contributed by atoms with E-state index >= 15 is 0 Å². The molecule has 0 saturated heterocycles. The molecular formula is C17H17ClN2O4S. The molecule has 132 valence electrons. The normalized spacial score (nSPS) is 11.0. The van der Waals surface area contributed by atoms with E-state index in [2.05, 4.69) is 10.6 Å². The Labute approximate surface area is 151 Å². The highest BCUT2D eigenvalue weighted by molar-refractivity contribution is 7.90. The third-order valence-corrected chi connectivity index (χ3v) is 4.77. The van der Waals surface area contributed by atoms with Gasteiger partial charge in [-0.1, -0.05) is 24.6 Å². The Kier molecular flexibility index (Phi) is 5.81. The number of anilines is 2. The number of benzene rings is 2. The topological polar surface area (TPSA) is 92.3 Å². The number of carbonyl (C=O) groups is 2. The summed E-state index contributed by atoms with van der Waals surface area (Å²) >= 11 is 6.13. The highest BCUT2D eigenvalue weighted by atomic mass is 35.5. The van der Waals surface area contributed by atoms with E-state index in [1.165, 1.54) is 30.3 Å².